The Morgan fingerprint density at radius 2 is 1.52 bits per heavy atom. The van der Waals surface area contributed by atoms with Crippen LogP contribution in [0.4, 0.5) is 0 Å². The van der Waals surface area contributed by atoms with Gasteiger partial charge in [0.15, 0.2) is 5.82 Å². The second kappa shape index (κ2) is 5.79. The molecular weight excluding hydrogens is 264 g/mol. The van der Waals surface area contributed by atoms with Crippen LogP contribution < -0.4 is 5.76 Å². The molecule has 3 aromatic rings. The molecule has 0 aliphatic rings. The highest BCUT2D eigenvalue weighted by atomic mass is 16.5. The second-order valence-corrected chi connectivity index (χ2v) is 5.13. The fourth-order valence-electron chi connectivity index (χ4n) is 2.23. The predicted molar refractivity (Wildman–Crippen MR) is 81.1 cm³/mol. The van der Waals surface area contributed by atoms with E-state index >= 15 is 0 Å². The molecule has 1 heterocycles. The fraction of sp³-hybridized carbons (Fsp3) is 0.176. The molecule has 0 amide bonds. The van der Waals surface area contributed by atoms with Crippen molar-refractivity contribution in [3.8, 4) is 11.4 Å². The van der Waals surface area contributed by atoms with Gasteiger partial charge in [-0.15, -0.1) is 0 Å². The van der Waals surface area contributed by atoms with Gasteiger partial charge in [-0.05, 0) is 30.9 Å². The van der Waals surface area contributed by atoms with Crippen LogP contribution in [0.3, 0.4) is 0 Å². The largest absolute Gasteiger partial charge is 0.439 e. The molecule has 0 aliphatic carbocycles. The zero-order valence-corrected chi connectivity index (χ0v) is 11.8. The molecule has 3 rings (SSSR count). The van der Waals surface area contributed by atoms with Crippen LogP contribution in [-0.2, 0) is 12.8 Å². The predicted octanol–water partition coefficient (Wildman–Crippen LogP) is 3.12. The molecule has 21 heavy (non-hydrogen) atoms. The van der Waals surface area contributed by atoms with E-state index in [1.54, 1.807) is 0 Å². The van der Waals surface area contributed by atoms with E-state index in [0.29, 0.717) is 5.82 Å². The van der Waals surface area contributed by atoms with E-state index in [0.717, 1.165) is 18.4 Å². The highest BCUT2D eigenvalue weighted by molar-refractivity contribution is 5.54. The first kappa shape index (κ1) is 13.4. The van der Waals surface area contributed by atoms with Crippen LogP contribution in [0.15, 0.2) is 57.8 Å². The standard InChI is InChI=1S/C17H16N2O2/c1-12-2-4-13(5-3-12)6-7-14-8-10-15(11-9-14)16-18-17(20)21-19-16/h2-5,8-11H,6-7H2,1H3,(H,18,19,20). The molecule has 0 aliphatic heterocycles. The molecule has 0 bridgehead atoms. The van der Waals surface area contributed by atoms with Gasteiger partial charge < -0.3 is 0 Å². The number of hydrogen-bond donors (Lipinski definition) is 1. The molecular formula is C17H16N2O2. The van der Waals surface area contributed by atoms with Gasteiger partial charge in [-0.25, -0.2) is 4.79 Å². The summed E-state index contributed by atoms with van der Waals surface area (Å²) < 4.78 is 4.50. The first-order valence-electron chi connectivity index (χ1n) is 6.91. The van der Waals surface area contributed by atoms with E-state index in [4.69, 9.17) is 0 Å². The highest BCUT2D eigenvalue weighted by Crippen LogP contribution is 2.15. The summed E-state index contributed by atoms with van der Waals surface area (Å²) in [7, 11) is 0. The lowest BCUT2D eigenvalue weighted by molar-refractivity contribution is 0.388. The molecule has 4 heteroatoms. The van der Waals surface area contributed by atoms with Gasteiger partial charge in [-0.2, -0.15) is 0 Å². The quantitative estimate of drug-likeness (QED) is 0.798. The Kier molecular flexibility index (Phi) is 3.69. The maximum absolute atomic E-state index is 10.9. The smallest absolute Gasteiger partial charge is 0.296 e. The topological polar surface area (TPSA) is 58.9 Å². The lowest BCUT2D eigenvalue weighted by Crippen LogP contribution is -1.95. The van der Waals surface area contributed by atoms with Gasteiger partial charge in [0, 0.05) is 5.56 Å². The maximum Gasteiger partial charge on any atom is 0.439 e. The first-order valence-corrected chi connectivity index (χ1v) is 6.91. The minimum absolute atomic E-state index is 0.463. The number of benzene rings is 2. The molecule has 106 valence electrons. The van der Waals surface area contributed by atoms with Crippen molar-refractivity contribution in [2.24, 2.45) is 0 Å². The highest BCUT2D eigenvalue weighted by Gasteiger charge is 2.04. The lowest BCUT2D eigenvalue weighted by Gasteiger charge is -2.04. The van der Waals surface area contributed by atoms with Crippen LogP contribution in [0.1, 0.15) is 16.7 Å². The molecule has 2 aromatic carbocycles. The number of aryl methyl sites for hydroxylation is 3. The monoisotopic (exact) mass is 280 g/mol. The van der Waals surface area contributed by atoms with Crippen LogP contribution in [0.25, 0.3) is 11.4 Å². The summed E-state index contributed by atoms with van der Waals surface area (Å²) in [5.41, 5.74) is 4.72. The van der Waals surface area contributed by atoms with Gasteiger partial charge in [0.2, 0.25) is 0 Å². The SMILES string of the molecule is Cc1ccc(CCc2ccc(-c3noc(=O)[nH]3)cc2)cc1. The van der Waals surface area contributed by atoms with Gasteiger partial charge >= 0.3 is 5.76 Å². The molecule has 0 saturated heterocycles. The van der Waals surface area contributed by atoms with Crippen molar-refractivity contribution in [1.82, 2.24) is 10.1 Å². The third-order valence-electron chi connectivity index (χ3n) is 3.49. The van der Waals surface area contributed by atoms with Crippen molar-refractivity contribution < 1.29 is 4.52 Å². The number of nitrogens with one attached hydrogen (secondary N) is 1. The summed E-state index contributed by atoms with van der Waals surface area (Å²) in [6.07, 6.45) is 2.00. The van der Waals surface area contributed by atoms with Crippen molar-refractivity contribution in [2.45, 2.75) is 19.8 Å². The maximum atomic E-state index is 10.9. The van der Waals surface area contributed by atoms with E-state index in [1.807, 2.05) is 12.1 Å². The number of hydrogen-bond acceptors (Lipinski definition) is 3. The normalized spacial score (nSPS) is 10.7. The summed E-state index contributed by atoms with van der Waals surface area (Å²) in [4.78, 5) is 13.5. The molecule has 0 radical (unpaired) electrons. The Morgan fingerprint density at radius 1 is 0.952 bits per heavy atom. The summed E-state index contributed by atoms with van der Waals surface area (Å²) in [6, 6.07) is 16.6. The summed E-state index contributed by atoms with van der Waals surface area (Å²) in [5, 5.41) is 3.67. The number of rotatable bonds is 4. The zero-order chi connectivity index (χ0) is 14.7. The molecule has 1 aromatic heterocycles. The van der Waals surface area contributed by atoms with Gasteiger partial charge in [0.1, 0.15) is 0 Å². The van der Waals surface area contributed by atoms with E-state index in [-0.39, 0.29) is 0 Å². The Morgan fingerprint density at radius 3 is 2.05 bits per heavy atom. The van der Waals surface area contributed by atoms with Crippen LogP contribution in [0.2, 0.25) is 0 Å². The van der Waals surface area contributed by atoms with Gasteiger partial charge in [-0.1, -0.05) is 59.3 Å². The second-order valence-electron chi connectivity index (χ2n) is 5.13. The minimum Gasteiger partial charge on any atom is -0.296 e. The third-order valence-corrected chi connectivity index (χ3v) is 3.49. The van der Waals surface area contributed by atoms with E-state index in [9.17, 15) is 4.79 Å². The van der Waals surface area contributed by atoms with Crippen molar-refractivity contribution >= 4 is 0 Å². The Hall–Kier alpha value is -2.62. The molecule has 0 unspecified atom stereocenters. The van der Waals surface area contributed by atoms with Crippen molar-refractivity contribution in [3.05, 3.63) is 75.8 Å². The van der Waals surface area contributed by atoms with Crippen LogP contribution in [0.5, 0.6) is 0 Å². The Bertz CT molecular complexity index is 768. The molecule has 0 fully saturated rings. The van der Waals surface area contributed by atoms with Crippen molar-refractivity contribution in [3.63, 3.8) is 0 Å². The third kappa shape index (κ3) is 3.28. The van der Waals surface area contributed by atoms with Gasteiger partial charge in [0.25, 0.3) is 0 Å². The van der Waals surface area contributed by atoms with E-state index in [1.165, 1.54) is 16.7 Å². The van der Waals surface area contributed by atoms with Crippen LogP contribution in [0, 0.1) is 6.92 Å². The minimum atomic E-state index is -0.534. The van der Waals surface area contributed by atoms with Crippen molar-refractivity contribution in [2.75, 3.05) is 0 Å². The summed E-state index contributed by atoms with van der Waals surface area (Å²) in [5.74, 6) is -0.0708. The van der Waals surface area contributed by atoms with Crippen LogP contribution in [-0.4, -0.2) is 10.1 Å². The fourth-order valence-corrected chi connectivity index (χ4v) is 2.23. The molecule has 1 N–H and O–H groups in total. The Balaban J connectivity index is 1.67. The lowest BCUT2D eigenvalue weighted by atomic mass is 10.0. The zero-order valence-electron chi connectivity index (χ0n) is 11.8. The van der Waals surface area contributed by atoms with E-state index in [2.05, 4.69) is 58.0 Å². The summed E-state index contributed by atoms with van der Waals surface area (Å²) >= 11 is 0. The Labute approximate surface area is 122 Å². The molecule has 4 nitrogen and oxygen atoms in total. The van der Waals surface area contributed by atoms with Gasteiger partial charge in [-0.3, -0.25) is 9.51 Å². The van der Waals surface area contributed by atoms with Gasteiger partial charge in [0.05, 0.1) is 0 Å². The number of H-pyrrole nitrogens is 1. The number of nitrogens with zero attached hydrogens (tertiary/aromatic N) is 1. The number of aromatic nitrogens is 2. The van der Waals surface area contributed by atoms with Crippen molar-refractivity contribution in [1.29, 1.82) is 0 Å². The molecule has 0 atom stereocenters. The van der Waals surface area contributed by atoms with Crippen LogP contribution >= 0.6 is 0 Å². The average Bonchev–Trinajstić information content (AvgIpc) is 2.94. The number of aromatic amines is 1. The van der Waals surface area contributed by atoms with E-state index < -0.39 is 5.76 Å². The molecule has 0 spiro atoms. The summed E-state index contributed by atoms with van der Waals surface area (Å²) in [6.45, 7) is 2.09. The molecule has 0 saturated carbocycles. The first-order chi connectivity index (χ1) is 10.2. The average molecular weight is 280 g/mol.